The molecular formula is C11H13N3S. The SMILES string of the molecule is Cc1cn(C(C)c2ccccn2)c(=S)[nH]1. The summed E-state index contributed by atoms with van der Waals surface area (Å²) in [6.07, 6.45) is 3.82. The molecule has 0 aliphatic carbocycles. The van der Waals surface area contributed by atoms with Gasteiger partial charge in [0.15, 0.2) is 4.77 Å². The first kappa shape index (κ1) is 10.1. The Morgan fingerprint density at radius 1 is 1.47 bits per heavy atom. The molecule has 0 aromatic carbocycles. The standard InChI is InChI=1S/C11H13N3S/c1-8-7-14(11(15)13-8)9(2)10-5-3-4-6-12-10/h3-7,9H,1-2H3,(H,13,15). The van der Waals surface area contributed by atoms with E-state index in [0.29, 0.717) is 0 Å². The molecule has 1 N–H and O–H groups in total. The number of pyridine rings is 1. The van der Waals surface area contributed by atoms with Crippen molar-refractivity contribution in [1.29, 1.82) is 0 Å². The lowest BCUT2D eigenvalue weighted by Crippen LogP contribution is -2.07. The summed E-state index contributed by atoms with van der Waals surface area (Å²) in [7, 11) is 0. The van der Waals surface area contributed by atoms with Gasteiger partial charge in [0.1, 0.15) is 0 Å². The topological polar surface area (TPSA) is 33.6 Å². The molecule has 0 aliphatic heterocycles. The first-order valence-corrected chi connectivity index (χ1v) is 5.28. The molecule has 2 aromatic heterocycles. The molecule has 4 heteroatoms. The van der Waals surface area contributed by atoms with Crippen LogP contribution in [0.1, 0.15) is 24.4 Å². The second-order valence-corrected chi connectivity index (χ2v) is 3.97. The molecule has 1 unspecified atom stereocenters. The summed E-state index contributed by atoms with van der Waals surface area (Å²) in [5.74, 6) is 0. The van der Waals surface area contributed by atoms with E-state index in [-0.39, 0.29) is 6.04 Å². The molecule has 0 fully saturated rings. The highest BCUT2D eigenvalue weighted by Crippen LogP contribution is 2.15. The third kappa shape index (κ3) is 1.99. The summed E-state index contributed by atoms with van der Waals surface area (Å²) in [6, 6.07) is 6.08. The Morgan fingerprint density at radius 2 is 2.27 bits per heavy atom. The van der Waals surface area contributed by atoms with Crippen LogP contribution in [-0.2, 0) is 0 Å². The molecule has 2 rings (SSSR count). The molecule has 0 saturated heterocycles. The van der Waals surface area contributed by atoms with Gasteiger partial charge < -0.3 is 9.55 Å². The van der Waals surface area contributed by atoms with Crippen LogP contribution in [0.15, 0.2) is 30.6 Å². The lowest BCUT2D eigenvalue weighted by molar-refractivity contribution is 0.612. The summed E-state index contributed by atoms with van der Waals surface area (Å²) < 4.78 is 2.76. The summed E-state index contributed by atoms with van der Waals surface area (Å²) in [6.45, 7) is 4.09. The van der Waals surface area contributed by atoms with Crippen molar-refractivity contribution in [2.24, 2.45) is 0 Å². The molecule has 0 saturated carbocycles. The number of nitrogens with zero attached hydrogens (tertiary/aromatic N) is 2. The van der Waals surface area contributed by atoms with Crippen LogP contribution in [0.5, 0.6) is 0 Å². The number of aromatic amines is 1. The molecule has 78 valence electrons. The first-order chi connectivity index (χ1) is 7.18. The van der Waals surface area contributed by atoms with Crippen molar-refractivity contribution in [1.82, 2.24) is 14.5 Å². The van der Waals surface area contributed by atoms with E-state index < -0.39 is 0 Å². The Morgan fingerprint density at radius 3 is 2.80 bits per heavy atom. The van der Waals surface area contributed by atoms with Crippen LogP contribution in [0.3, 0.4) is 0 Å². The summed E-state index contributed by atoms with van der Waals surface area (Å²) >= 11 is 5.23. The predicted molar refractivity (Wildman–Crippen MR) is 62.4 cm³/mol. The lowest BCUT2D eigenvalue weighted by Gasteiger charge is -2.11. The Kier molecular flexibility index (Phi) is 2.68. The fourth-order valence-corrected chi connectivity index (χ4v) is 1.96. The second-order valence-electron chi connectivity index (χ2n) is 3.58. The van der Waals surface area contributed by atoms with E-state index in [2.05, 4.69) is 16.9 Å². The molecule has 0 bridgehead atoms. The van der Waals surface area contributed by atoms with Gasteiger partial charge in [0, 0.05) is 18.1 Å². The zero-order valence-corrected chi connectivity index (χ0v) is 9.58. The molecule has 0 radical (unpaired) electrons. The normalized spacial score (nSPS) is 12.7. The minimum Gasteiger partial charge on any atom is -0.335 e. The van der Waals surface area contributed by atoms with E-state index in [1.54, 1.807) is 6.20 Å². The van der Waals surface area contributed by atoms with Gasteiger partial charge in [0.2, 0.25) is 0 Å². The van der Waals surface area contributed by atoms with Crippen molar-refractivity contribution in [3.8, 4) is 0 Å². The van der Waals surface area contributed by atoms with Gasteiger partial charge in [-0.1, -0.05) is 6.07 Å². The van der Waals surface area contributed by atoms with Crippen LogP contribution >= 0.6 is 12.2 Å². The van der Waals surface area contributed by atoms with E-state index >= 15 is 0 Å². The van der Waals surface area contributed by atoms with Gasteiger partial charge in [-0.3, -0.25) is 4.98 Å². The molecule has 2 aromatic rings. The molecule has 0 aliphatic rings. The van der Waals surface area contributed by atoms with Gasteiger partial charge in [-0.05, 0) is 38.2 Å². The number of nitrogens with one attached hydrogen (secondary N) is 1. The molecule has 3 nitrogen and oxygen atoms in total. The smallest absolute Gasteiger partial charge is 0.177 e. The van der Waals surface area contributed by atoms with Crippen molar-refractivity contribution < 1.29 is 0 Å². The first-order valence-electron chi connectivity index (χ1n) is 4.87. The lowest BCUT2D eigenvalue weighted by atomic mass is 10.2. The minimum atomic E-state index is 0.170. The average molecular weight is 219 g/mol. The maximum atomic E-state index is 5.23. The van der Waals surface area contributed by atoms with Gasteiger partial charge in [0.05, 0.1) is 11.7 Å². The quantitative estimate of drug-likeness (QED) is 0.788. The molecule has 0 amide bonds. The maximum Gasteiger partial charge on any atom is 0.177 e. The Labute approximate surface area is 93.8 Å². The third-order valence-corrected chi connectivity index (χ3v) is 2.72. The summed E-state index contributed by atoms with van der Waals surface area (Å²) in [5.41, 5.74) is 2.09. The van der Waals surface area contributed by atoms with Gasteiger partial charge in [-0.25, -0.2) is 0 Å². The zero-order valence-electron chi connectivity index (χ0n) is 8.77. The fraction of sp³-hybridized carbons (Fsp3) is 0.273. The van der Waals surface area contributed by atoms with Crippen molar-refractivity contribution in [2.75, 3.05) is 0 Å². The Bertz CT molecular complexity index is 498. The molecule has 15 heavy (non-hydrogen) atoms. The van der Waals surface area contributed by atoms with Gasteiger partial charge >= 0.3 is 0 Å². The summed E-state index contributed by atoms with van der Waals surface area (Å²) in [5, 5.41) is 0. The number of aromatic nitrogens is 3. The predicted octanol–water partition coefficient (Wildman–Crippen LogP) is 2.86. The van der Waals surface area contributed by atoms with Crippen LogP contribution in [-0.4, -0.2) is 14.5 Å². The van der Waals surface area contributed by atoms with Gasteiger partial charge in [-0.15, -0.1) is 0 Å². The molecule has 2 heterocycles. The van der Waals surface area contributed by atoms with Crippen molar-refractivity contribution in [3.05, 3.63) is 46.8 Å². The Hall–Kier alpha value is -1.42. The highest BCUT2D eigenvalue weighted by molar-refractivity contribution is 7.71. The zero-order chi connectivity index (χ0) is 10.8. The van der Waals surface area contributed by atoms with E-state index in [1.165, 1.54) is 0 Å². The van der Waals surface area contributed by atoms with Crippen LogP contribution in [0, 0.1) is 11.7 Å². The molecule has 1 atom stereocenters. The number of aryl methyl sites for hydroxylation is 1. The van der Waals surface area contributed by atoms with E-state index in [0.717, 1.165) is 16.2 Å². The van der Waals surface area contributed by atoms with E-state index in [1.807, 2.05) is 35.9 Å². The van der Waals surface area contributed by atoms with Crippen molar-refractivity contribution in [2.45, 2.75) is 19.9 Å². The highest BCUT2D eigenvalue weighted by atomic mass is 32.1. The number of rotatable bonds is 2. The van der Waals surface area contributed by atoms with Crippen molar-refractivity contribution in [3.63, 3.8) is 0 Å². The highest BCUT2D eigenvalue weighted by Gasteiger charge is 2.09. The molecule has 0 spiro atoms. The maximum absolute atomic E-state index is 5.23. The van der Waals surface area contributed by atoms with E-state index in [4.69, 9.17) is 12.2 Å². The fourth-order valence-electron chi connectivity index (χ4n) is 1.59. The third-order valence-electron chi connectivity index (χ3n) is 2.40. The van der Waals surface area contributed by atoms with Gasteiger partial charge in [-0.2, -0.15) is 0 Å². The Balaban J connectivity index is 2.41. The van der Waals surface area contributed by atoms with E-state index in [9.17, 15) is 0 Å². The monoisotopic (exact) mass is 219 g/mol. The number of hydrogen-bond donors (Lipinski definition) is 1. The van der Waals surface area contributed by atoms with Crippen LogP contribution in [0.2, 0.25) is 0 Å². The van der Waals surface area contributed by atoms with Crippen LogP contribution in [0.25, 0.3) is 0 Å². The van der Waals surface area contributed by atoms with Crippen LogP contribution in [0.4, 0.5) is 0 Å². The summed E-state index contributed by atoms with van der Waals surface area (Å²) in [4.78, 5) is 7.43. The number of H-pyrrole nitrogens is 1. The van der Waals surface area contributed by atoms with Crippen LogP contribution < -0.4 is 0 Å². The number of hydrogen-bond acceptors (Lipinski definition) is 2. The average Bonchev–Trinajstić information content (AvgIpc) is 2.58. The largest absolute Gasteiger partial charge is 0.335 e. The minimum absolute atomic E-state index is 0.170. The van der Waals surface area contributed by atoms with Crippen molar-refractivity contribution >= 4 is 12.2 Å². The second kappa shape index (κ2) is 3.98. The number of imidazole rings is 1. The van der Waals surface area contributed by atoms with Gasteiger partial charge in [0.25, 0.3) is 0 Å². The molecular weight excluding hydrogens is 206 g/mol.